The van der Waals surface area contributed by atoms with E-state index in [1.807, 2.05) is 32.0 Å². The number of hydrogen-bond donors (Lipinski definition) is 2. The number of anilines is 1. The molecule has 0 aromatic heterocycles. The molecule has 4 heteroatoms. The van der Waals surface area contributed by atoms with Crippen LogP contribution in [0.4, 0.5) is 5.69 Å². The second-order valence-corrected chi connectivity index (χ2v) is 3.81. The quantitative estimate of drug-likeness (QED) is 0.777. The summed E-state index contributed by atoms with van der Waals surface area (Å²) in [6.07, 6.45) is 0. The average Bonchev–Trinajstić information content (AvgIpc) is 2.22. The molecule has 3 nitrogen and oxygen atoms in total. The van der Waals surface area contributed by atoms with E-state index in [2.05, 4.69) is 10.2 Å². The molecule has 0 bridgehead atoms. The molecule has 0 aliphatic carbocycles. The normalized spacial score (nSPS) is 12.3. The molecule has 0 heterocycles. The van der Waals surface area contributed by atoms with Gasteiger partial charge < -0.3 is 5.32 Å². The standard InChI is InChI=1S/C11H15ClN2O/c1-7-5-4-6-8(2)10(7)13-11(15)9(3)14-12/h4-6,9,14H,1-3H3,(H,13,15). The zero-order valence-corrected chi connectivity index (χ0v) is 9.85. The van der Waals surface area contributed by atoms with Gasteiger partial charge in [0.25, 0.3) is 0 Å². The van der Waals surface area contributed by atoms with Crippen molar-refractivity contribution in [1.82, 2.24) is 4.84 Å². The minimum atomic E-state index is -0.411. The highest BCUT2D eigenvalue weighted by molar-refractivity contribution is 6.15. The fourth-order valence-corrected chi connectivity index (χ4v) is 1.39. The maximum Gasteiger partial charge on any atom is 0.242 e. The predicted molar refractivity (Wildman–Crippen MR) is 63.0 cm³/mol. The van der Waals surface area contributed by atoms with Gasteiger partial charge in [-0.3, -0.25) is 4.79 Å². The zero-order chi connectivity index (χ0) is 11.4. The molecule has 1 amide bonds. The van der Waals surface area contributed by atoms with Crippen LogP contribution in [0.5, 0.6) is 0 Å². The van der Waals surface area contributed by atoms with E-state index in [9.17, 15) is 4.79 Å². The first-order valence-electron chi connectivity index (χ1n) is 4.79. The average molecular weight is 227 g/mol. The number of aryl methyl sites for hydroxylation is 2. The highest BCUT2D eigenvalue weighted by Gasteiger charge is 2.13. The minimum Gasteiger partial charge on any atom is -0.324 e. The Morgan fingerprint density at radius 3 is 2.33 bits per heavy atom. The molecule has 1 rings (SSSR count). The van der Waals surface area contributed by atoms with Gasteiger partial charge in [-0.2, -0.15) is 0 Å². The fraction of sp³-hybridized carbons (Fsp3) is 0.364. The maximum absolute atomic E-state index is 11.6. The van der Waals surface area contributed by atoms with Crippen molar-refractivity contribution in [2.45, 2.75) is 26.8 Å². The molecular weight excluding hydrogens is 212 g/mol. The van der Waals surface area contributed by atoms with Crippen LogP contribution in [0.15, 0.2) is 18.2 Å². The number of nitrogens with one attached hydrogen (secondary N) is 2. The van der Waals surface area contributed by atoms with Crippen LogP contribution in [0.25, 0.3) is 0 Å². The minimum absolute atomic E-state index is 0.137. The third-order valence-corrected chi connectivity index (χ3v) is 2.61. The summed E-state index contributed by atoms with van der Waals surface area (Å²) in [5, 5.41) is 2.84. The summed E-state index contributed by atoms with van der Waals surface area (Å²) in [5.41, 5.74) is 2.96. The van der Waals surface area contributed by atoms with Crippen LogP contribution < -0.4 is 10.2 Å². The summed E-state index contributed by atoms with van der Waals surface area (Å²) >= 11 is 5.38. The van der Waals surface area contributed by atoms with Crippen LogP contribution >= 0.6 is 11.8 Å². The second-order valence-electron chi connectivity index (χ2n) is 3.59. The lowest BCUT2D eigenvalue weighted by Crippen LogP contribution is -2.33. The van der Waals surface area contributed by atoms with Crippen LogP contribution in [0.1, 0.15) is 18.1 Å². The maximum atomic E-state index is 11.6. The Hall–Kier alpha value is -1.06. The van der Waals surface area contributed by atoms with Gasteiger partial charge in [0.1, 0.15) is 0 Å². The summed E-state index contributed by atoms with van der Waals surface area (Å²) in [4.78, 5) is 14.0. The SMILES string of the molecule is Cc1cccc(C)c1NC(=O)C(C)NCl. The molecule has 0 saturated heterocycles. The van der Waals surface area contributed by atoms with E-state index in [0.29, 0.717) is 0 Å². The van der Waals surface area contributed by atoms with E-state index < -0.39 is 6.04 Å². The van der Waals surface area contributed by atoms with Crippen molar-refractivity contribution in [2.24, 2.45) is 0 Å². The zero-order valence-electron chi connectivity index (χ0n) is 9.10. The molecule has 1 unspecified atom stereocenters. The van der Waals surface area contributed by atoms with Gasteiger partial charge in [0.2, 0.25) is 5.91 Å². The van der Waals surface area contributed by atoms with Crippen molar-refractivity contribution in [3.05, 3.63) is 29.3 Å². The van der Waals surface area contributed by atoms with Crippen molar-refractivity contribution < 1.29 is 4.79 Å². The van der Waals surface area contributed by atoms with Crippen molar-refractivity contribution in [3.8, 4) is 0 Å². The molecule has 0 aliphatic rings. The number of carbonyl (C=O) groups excluding carboxylic acids is 1. The van der Waals surface area contributed by atoms with Crippen molar-refractivity contribution in [2.75, 3.05) is 5.32 Å². The summed E-state index contributed by atoms with van der Waals surface area (Å²) in [5.74, 6) is -0.137. The van der Waals surface area contributed by atoms with Crippen molar-refractivity contribution >= 4 is 23.4 Å². The first kappa shape index (κ1) is 12.0. The number of benzene rings is 1. The molecule has 2 N–H and O–H groups in total. The molecule has 0 spiro atoms. The van der Waals surface area contributed by atoms with Crippen LogP contribution in [0.2, 0.25) is 0 Å². The second kappa shape index (κ2) is 5.14. The number of hydrogen-bond acceptors (Lipinski definition) is 2. The van der Waals surface area contributed by atoms with E-state index in [1.165, 1.54) is 0 Å². The highest BCUT2D eigenvalue weighted by atomic mass is 35.5. The Bertz CT molecular complexity index is 345. The van der Waals surface area contributed by atoms with Crippen molar-refractivity contribution in [1.29, 1.82) is 0 Å². The highest BCUT2D eigenvalue weighted by Crippen LogP contribution is 2.19. The number of carbonyl (C=O) groups is 1. The molecule has 0 saturated carbocycles. The molecular formula is C11H15ClN2O. The Balaban J connectivity index is 2.85. The lowest BCUT2D eigenvalue weighted by Gasteiger charge is -2.14. The van der Waals surface area contributed by atoms with E-state index >= 15 is 0 Å². The number of para-hydroxylation sites is 1. The first-order valence-corrected chi connectivity index (χ1v) is 5.17. The largest absolute Gasteiger partial charge is 0.324 e. The van der Waals surface area contributed by atoms with E-state index in [-0.39, 0.29) is 5.91 Å². The van der Waals surface area contributed by atoms with Gasteiger partial charge in [0, 0.05) is 5.69 Å². The van der Waals surface area contributed by atoms with Gasteiger partial charge in [-0.05, 0) is 43.7 Å². The number of halogens is 1. The monoisotopic (exact) mass is 226 g/mol. The number of amides is 1. The topological polar surface area (TPSA) is 41.1 Å². The molecule has 1 aromatic carbocycles. The molecule has 1 aromatic rings. The van der Waals surface area contributed by atoms with Gasteiger partial charge in [-0.1, -0.05) is 18.2 Å². The third-order valence-electron chi connectivity index (χ3n) is 2.29. The van der Waals surface area contributed by atoms with Gasteiger partial charge in [-0.15, -0.1) is 0 Å². The van der Waals surface area contributed by atoms with E-state index in [4.69, 9.17) is 11.8 Å². The van der Waals surface area contributed by atoms with Crippen LogP contribution in [0, 0.1) is 13.8 Å². The Labute approximate surface area is 94.9 Å². The van der Waals surface area contributed by atoms with Crippen molar-refractivity contribution in [3.63, 3.8) is 0 Å². The molecule has 0 aliphatic heterocycles. The smallest absolute Gasteiger partial charge is 0.242 e. The first-order chi connectivity index (χ1) is 7.06. The summed E-state index contributed by atoms with van der Waals surface area (Å²) in [6, 6.07) is 5.47. The van der Waals surface area contributed by atoms with Gasteiger partial charge >= 0.3 is 0 Å². The van der Waals surface area contributed by atoms with Crippen LogP contribution in [-0.4, -0.2) is 11.9 Å². The third kappa shape index (κ3) is 2.94. The predicted octanol–water partition coefficient (Wildman–Crippen LogP) is 2.37. The molecule has 82 valence electrons. The van der Waals surface area contributed by atoms with Crippen LogP contribution in [-0.2, 0) is 4.79 Å². The lowest BCUT2D eigenvalue weighted by atomic mass is 10.1. The number of rotatable bonds is 3. The lowest BCUT2D eigenvalue weighted by molar-refractivity contribution is -0.117. The Morgan fingerprint density at radius 2 is 1.87 bits per heavy atom. The van der Waals surface area contributed by atoms with Crippen LogP contribution in [0.3, 0.4) is 0 Å². The fourth-order valence-electron chi connectivity index (χ4n) is 1.29. The summed E-state index contributed by atoms with van der Waals surface area (Å²) in [7, 11) is 0. The molecule has 0 radical (unpaired) electrons. The van der Waals surface area contributed by atoms with Gasteiger partial charge in [0.05, 0.1) is 6.04 Å². The summed E-state index contributed by atoms with van der Waals surface area (Å²) in [6.45, 7) is 5.62. The van der Waals surface area contributed by atoms with E-state index in [0.717, 1.165) is 16.8 Å². The van der Waals surface area contributed by atoms with Gasteiger partial charge in [-0.25, -0.2) is 4.84 Å². The molecule has 15 heavy (non-hydrogen) atoms. The molecule has 0 fully saturated rings. The molecule has 1 atom stereocenters. The van der Waals surface area contributed by atoms with Gasteiger partial charge in [0.15, 0.2) is 0 Å². The Kier molecular flexibility index (Phi) is 4.12. The van der Waals surface area contributed by atoms with E-state index in [1.54, 1.807) is 6.92 Å². The summed E-state index contributed by atoms with van der Waals surface area (Å²) < 4.78 is 0. The Morgan fingerprint density at radius 1 is 1.33 bits per heavy atom.